The van der Waals surface area contributed by atoms with Crippen molar-refractivity contribution in [2.45, 2.75) is 42.5 Å². The number of aldehydes is 1. The number of aryl methyl sites for hydroxylation is 2. The average Bonchev–Trinajstić information content (AvgIpc) is 2.92. The standard InChI is InChI=1S/C19H25NS.C8H8OS.C2H8N2/c1-16-9-3-4-10-17(16)11-7-8-14-20-15-18-12-5-6-13-19(18)21-2;1-10-8-5-3-2-4-7(8)6-9;3-1-2-4/h3-6,9-10,12-13,20H,7-8,11,14-15H2,1-2H3;2-6H,1H3;1-4H2. The number of rotatable bonds is 11. The Morgan fingerprint density at radius 3 is 1.91 bits per heavy atom. The van der Waals surface area contributed by atoms with E-state index in [-0.39, 0.29) is 0 Å². The van der Waals surface area contributed by atoms with Crippen LogP contribution in [0.2, 0.25) is 0 Å². The molecule has 0 atom stereocenters. The molecular formula is C29H41N3OS2. The fourth-order valence-corrected chi connectivity index (χ4v) is 4.48. The van der Waals surface area contributed by atoms with Gasteiger partial charge in [-0.25, -0.2) is 0 Å². The first-order valence-electron chi connectivity index (χ1n) is 12.0. The molecule has 0 aliphatic rings. The summed E-state index contributed by atoms with van der Waals surface area (Å²) in [5, 5.41) is 3.56. The highest BCUT2D eigenvalue weighted by molar-refractivity contribution is 7.98. The van der Waals surface area contributed by atoms with Crippen LogP contribution in [0.1, 0.15) is 39.9 Å². The van der Waals surface area contributed by atoms with Crippen molar-refractivity contribution in [1.82, 2.24) is 5.32 Å². The fourth-order valence-electron chi connectivity index (χ4n) is 3.29. The molecule has 0 saturated heterocycles. The van der Waals surface area contributed by atoms with Crippen LogP contribution in [0.3, 0.4) is 0 Å². The van der Waals surface area contributed by atoms with Crippen LogP contribution in [0.15, 0.2) is 82.6 Å². The van der Waals surface area contributed by atoms with Crippen LogP contribution in [0, 0.1) is 6.92 Å². The molecule has 6 heteroatoms. The molecule has 0 radical (unpaired) electrons. The zero-order valence-corrected chi connectivity index (χ0v) is 23.0. The minimum Gasteiger partial charge on any atom is -0.329 e. The van der Waals surface area contributed by atoms with Crippen LogP contribution in [-0.2, 0) is 13.0 Å². The van der Waals surface area contributed by atoms with Crippen LogP contribution in [-0.4, -0.2) is 38.4 Å². The average molecular weight is 512 g/mol. The molecule has 0 aliphatic carbocycles. The summed E-state index contributed by atoms with van der Waals surface area (Å²) in [4.78, 5) is 12.8. The van der Waals surface area contributed by atoms with E-state index < -0.39 is 0 Å². The van der Waals surface area contributed by atoms with Crippen LogP contribution >= 0.6 is 23.5 Å². The first-order chi connectivity index (χ1) is 17.1. The van der Waals surface area contributed by atoms with Crippen LogP contribution in [0.5, 0.6) is 0 Å². The van der Waals surface area contributed by atoms with Gasteiger partial charge in [-0.05, 0) is 74.1 Å². The van der Waals surface area contributed by atoms with Crippen molar-refractivity contribution in [2.75, 3.05) is 32.1 Å². The third-order valence-electron chi connectivity index (χ3n) is 5.25. The summed E-state index contributed by atoms with van der Waals surface area (Å²) in [5.41, 5.74) is 14.9. The molecule has 0 bridgehead atoms. The molecule has 3 aromatic rings. The highest BCUT2D eigenvalue weighted by atomic mass is 32.2. The molecule has 0 fully saturated rings. The quantitative estimate of drug-likeness (QED) is 0.168. The summed E-state index contributed by atoms with van der Waals surface area (Å²) in [6, 6.07) is 24.9. The minimum absolute atomic E-state index is 0.597. The van der Waals surface area contributed by atoms with Gasteiger partial charge >= 0.3 is 0 Å². The van der Waals surface area contributed by atoms with Crippen LogP contribution < -0.4 is 16.8 Å². The van der Waals surface area contributed by atoms with Crippen LogP contribution in [0.4, 0.5) is 0 Å². The van der Waals surface area contributed by atoms with Gasteiger partial charge in [-0.15, -0.1) is 23.5 Å². The van der Waals surface area contributed by atoms with E-state index in [1.807, 2.05) is 42.3 Å². The normalized spacial score (nSPS) is 9.97. The molecule has 0 aliphatic heterocycles. The van der Waals surface area contributed by atoms with Gasteiger partial charge in [-0.1, -0.05) is 60.7 Å². The monoisotopic (exact) mass is 511 g/mol. The van der Waals surface area contributed by atoms with Gasteiger partial charge in [0.15, 0.2) is 6.29 Å². The van der Waals surface area contributed by atoms with Gasteiger partial charge in [0.2, 0.25) is 0 Å². The van der Waals surface area contributed by atoms with Crippen molar-refractivity contribution in [3.8, 4) is 0 Å². The van der Waals surface area contributed by atoms with E-state index >= 15 is 0 Å². The topological polar surface area (TPSA) is 81.1 Å². The zero-order chi connectivity index (χ0) is 25.7. The molecule has 35 heavy (non-hydrogen) atoms. The van der Waals surface area contributed by atoms with Gasteiger partial charge in [-0.2, -0.15) is 0 Å². The predicted molar refractivity (Wildman–Crippen MR) is 156 cm³/mol. The molecule has 190 valence electrons. The summed E-state index contributed by atoms with van der Waals surface area (Å²) in [6.45, 7) is 5.46. The Morgan fingerprint density at radius 1 is 0.771 bits per heavy atom. The highest BCUT2D eigenvalue weighted by Crippen LogP contribution is 2.19. The largest absolute Gasteiger partial charge is 0.329 e. The lowest BCUT2D eigenvalue weighted by Crippen LogP contribution is -2.15. The Labute approximate surface area is 220 Å². The first kappa shape index (κ1) is 30.9. The Balaban J connectivity index is 0.000000362. The van der Waals surface area contributed by atoms with Gasteiger partial charge in [-0.3, -0.25) is 4.79 Å². The summed E-state index contributed by atoms with van der Waals surface area (Å²) in [6.07, 6.45) is 8.66. The molecule has 3 rings (SSSR count). The lowest BCUT2D eigenvalue weighted by Gasteiger charge is -2.09. The molecule has 0 aromatic heterocycles. The third kappa shape index (κ3) is 13.0. The van der Waals surface area contributed by atoms with Crippen molar-refractivity contribution < 1.29 is 4.79 Å². The molecule has 4 nitrogen and oxygen atoms in total. The maximum atomic E-state index is 10.4. The Hall–Kier alpha value is -2.09. The second kappa shape index (κ2) is 20.1. The van der Waals surface area contributed by atoms with E-state index in [0.29, 0.717) is 13.1 Å². The minimum atomic E-state index is 0.597. The highest BCUT2D eigenvalue weighted by Gasteiger charge is 2.00. The number of hydrogen-bond acceptors (Lipinski definition) is 6. The maximum Gasteiger partial charge on any atom is 0.151 e. The first-order valence-corrected chi connectivity index (χ1v) is 14.4. The van der Waals surface area contributed by atoms with Crippen molar-refractivity contribution in [2.24, 2.45) is 11.5 Å². The Kier molecular flexibility index (Phi) is 17.8. The fraction of sp³-hybridized carbons (Fsp3) is 0.345. The lowest BCUT2D eigenvalue weighted by molar-refractivity contribution is 0.112. The SMILES string of the molecule is CSc1ccccc1C=O.CSc1ccccc1CNCCCCc1ccccc1C.NCCN. The number of carbonyl (C=O) groups excluding carboxylic acids is 1. The smallest absolute Gasteiger partial charge is 0.151 e. The van der Waals surface area contributed by atoms with E-state index in [1.165, 1.54) is 40.8 Å². The molecule has 0 saturated carbocycles. The van der Waals surface area contributed by atoms with E-state index in [0.717, 1.165) is 29.8 Å². The number of thioether (sulfide) groups is 2. The molecule has 3 aromatic carbocycles. The van der Waals surface area contributed by atoms with Gasteiger partial charge in [0.25, 0.3) is 0 Å². The van der Waals surface area contributed by atoms with Crippen molar-refractivity contribution in [3.63, 3.8) is 0 Å². The number of benzene rings is 3. The van der Waals surface area contributed by atoms with E-state index in [4.69, 9.17) is 11.5 Å². The Morgan fingerprint density at radius 2 is 1.34 bits per heavy atom. The summed E-state index contributed by atoms with van der Waals surface area (Å²) in [7, 11) is 0. The van der Waals surface area contributed by atoms with E-state index in [1.54, 1.807) is 11.8 Å². The Bertz CT molecular complexity index is 964. The molecule has 0 amide bonds. The van der Waals surface area contributed by atoms with Gasteiger partial charge < -0.3 is 16.8 Å². The van der Waals surface area contributed by atoms with Crippen molar-refractivity contribution in [3.05, 3.63) is 95.1 Å². The molecular weight excluding hydrogens is 470 g/mol. The van der Waals surface area contributed by atoms with Crippen molar-refractivity contribution in [1.29, 1.82) is 0 Å². The number of nitrogens with two attached hydrogens (primary N) is 2. The summed E-state index contributed by atoms with van der Waals surface area (Å²) in [5.74, 6) is 0. The lowest BCUT2D eigenvalue weighted by atomic mass is 10.0. The number of carbonyl (C=O) groups is 1. The van der Waals surface area contributed by atoms with Crippen LogP contribution in [0.25, 0.3) is 0 Å². The number of nitrogens with one attached hydrogen (secondary N) is 1. The van der Waals surface area contributed by atoms with E-state index in [2.05, 4.69) is 67.0 Å². The number of hydrogen-bond donors (Lipinski definition) is 3. The third-order valence-corrected chi connectivity index (χ3v) is 6.90. The van der Waals surface area contributed by atoms with Crippen molar-refractivity contribution >= 4 is 29.8 Å². The van der Waals surface area contributed by atoms with Gasteiger partial charge in [0.05, 0.1) is 0 Å². The number of unbranched alkanes of at least 4 members (excludes halogenated alkanes) is 1. The predicted octanol–water partition coefficient (Wildman–Crippen LogP) is 5.95. The second-order valence-electron chi connectivity index (χ2n) is 7.81. The van der Waals surface area contributed by atoms with Gasteiger partial charge in [0, 0.05) is 35.0 Å². The summed E-state index contributed by atoms with van der Waals surface area (Å²) >= 11 is 3.41. The maximum absolute atomic E-state index is 10.4. The molecule has 0 heterocycles. The van der Waals surface area contributed by atoms with E-state index in [9.17, 15) is 4.79 Å². The zero-order valence-electron chi connectivity index (χ0n) is 21.3. The molecule has 0 unspecified atom stereocenters. The second-order valence-corrected chi connectivity index (χ2v) is 9.51. The molecule has 0 spiro atoms. The van der Waals surface area contributed by atoms with Gasteiger partial charge in [0.1, 0.15) is 0 Å². The summed E-state index contributed by atoms with van der Waals surface area (Å²) < 4.78 is 0. The molecule has 5 N–H and O–H groups in total.